The molecule has 1 aliphatic heterocycles. The normalized spacial score (nSPS) is 20.0. The molecule has 2 rings (SSSR count). The average Bonchev–Trinajstić information content (AvgIpc) is 2.66. The number of nitrogen functional groups attached to an aromatic ring is 2. The predicted molar refractivity (Wildman–Crippen MR) is 62.6 cm³/mol. The molecular formula is C10H15N5O. The van der Waals surface area contributed by atoms with Crippen molar-refractivity contribution >= 4 is 23.1 Å². The Morgan fingerprint density at radius 3 is 2.88 bits per heavy atom. The summed E-state index contributed by atoms with van der Waals surface area (Å²) in [4.78, 5) is 17.3. The first-order valence-electron chi connectivity index (χ1n) is 5.16. The molecule has 1 aromatic rings. The third-order valence-corrected chi connectivity index (χ3v) is 2.77. The van der Waals surface area contributed by atoms with Gasteiger partial charge in [0.15, 0.2) is 5.82 Å². The molecule has 86 valence electrons. The van der Waals surface area contributed by atoms with E-state index in [1.807, 2.05) is 4.90 Å². The number of amides is 1. The lowest BCUT2D eigenvalue weighted by atomic mass is 10.2. The van der Waals surface area contributed by atoms with Crippen LogP contribution in [0.3, 0.4) is 0 Å². The highest BCUT2D eigenvalue weighted by Crippen LogP contribution is 2.29. The molecule has 1 atom stereocenters. The first-order valence-corrected chi connectivity index (χ1v) is 5.16. The summed E-state index contributed by atoms with van der Waals surface area (Å²) in [5.74, 6) is 0.256. The van der Waals surface area contributed by atoms with Gasteiger partial charge in [-0.1, -0.05) is 0 Å². The van der Waals surface area contributed by atoms with Crippen molar-refractivity contribution in [1.82, 2.24) is 4.98 Å². The molecular weight excluding hydrogens is 206 g/mol. The Morgan fingerprint density at radius 1 is 1.50 bits per heavy atom. The zero-order chi connectivity index (χ0) is 11.7. The fraction of sp³-hybridized carbons (Fsp3) is 0.400. The Kier molecular flexibility index (Phi) is 2.55. The molecule has 0 aliphatic carbocycles. The van der Waals surface area contributed by atoms with E-state index >= 15 is 0 Å². The van der Waals surface area contributed by atoms with Crippen LogP contribution in [0.2, 0.25) is 0 Å². The van der Waals surface area contributed by atoms with E-state index in [4.69, 9.17) is 17.2 Å². The van der Waals surface area contributed by atoms with Crippen LogP contribution in [0.5, 0.6) is 0 Å². The molecule has 1 aliphatic rings. The number of anilines is 3. The van der Waals surface area contributed by atoms with E-state index in [1.165, 1.54) is 6.20 Å². The molecule has 1 saturated heterocycles. The van der Waals surface area contributed by atoms with Crippen LogP contribution < -0.4 is 22.1 Å². The van der Waals surface area contributed by atoms with Gasteiger partial charge in [0.25, 0.3) is 0 Å². The van der Waals surface area contributed by atoms with Crippen molar-refractivity contribution in [2.24, 2.45) is 5.73 Å². The minimum absolute atomic E-state index is 0.307. The molecule has 0 aromatic carbocycles. The first kappa shape index (κ1) is 10.5. The maximum absolute atomic E-state index is 11.3. The SMILES string of the molecule is NC(=O)C1CCCN1c1ncc(N)cc1N. The third-order valence-electron chi connectivity index (χ3n) is 2.77. The number of rotatable bonds is 2. The Hall–Kier alpha value is -1.98. The standard InChI is InChI=1S/C10H15N5O/c11-6-4-7(12)10(14-5-6)15-3-1-2-8(15)9(13)16/h4-5,8H,1-3,11-12H2,(H2,13,16). The van der Waals surface area contributed by atoms with Crippen molar-refractivity contribution in [3.05, 3.63) is 12.3 Å². The average molecular weight is 221 g/mol. The molecule has 16 heavy (non-hydrogen) atoms. The van der Waals surface area contributed by atoms with Crippen LogP contribution in [0.1, 0.15) is 12.8 Å². The highest BCUT2D eigenvalue weighted by Gasteiger charge is 2.30. The van der Waals surface area contributed by atoms with Crippen LogP contribution in [-0.4, -0.2) is 23.5 Å². The number of hydrogen-bond donors (Lipinski definition) is 3. The summed E-state index contributed by atoms with van der Waals surface area (Å²) in [6, 6.07) is 1.33. The fourth-order valence-electron chi connectivity index (χ4n) is 2.05. The third kappa shape index (κ3) is 1.73. The van der Waals surface area contributed by atoms with E-state index in [0.717, 1.165) is 19.4 Å². The highest BCUT2D eigenvalue weighted by molar-refractivity contribution is 5.85. The zero-order valence-corrected chi connectivity index (χ0v) is 8.89. The second-order valence-electron chi connectivity index (χ2n) is 3.94. The van der Waals surface area contributed by atoms with Gasteiger partial charge < -0.3 is 22.1 Å². The monoisotopic (exact) mass is 221 g/mol. The number of carbonyl (C=O) groups is 1. The van der Waals surface area contributed by atoms with Crippen molar-refractivity contribution in [3.63, 3.8) is 0 Å². The quantitative estimate of drug-likeness (QED) is 0.635. The van der Waals surface area contributed by atoms with Crippen molar-refractivity contribution in [2.45, 2.75) is 18.9 Å². The lowest BCUT2D eigenvalue weighted by molar-refractivity contribution is -0.119. The summed E-state index contributed by atoms with van der Waals surface area (Å²) in [7, 11) is 0. The summed E-state index contributed by atoms with van der Waals surface area (Å²) in [6.07, 6.45) is 3.20. The Labute approximate surface area is 93.4 Å². The van der Waals surface area contributed by atoms with E-state index in [1.54, 1.807) is 6.07 Å². The van der Waals surface area contributed by atoms with Crippen molar-refractivity contribution in [1.29, 1.82) is 0 Å². The fourth-order valence-corrected chi connectivity index (χ4v) is 2.05. The van der Waals surface area contributed by atoms with Gasteiger partial charge in [0, 0.05) is 6.54 Å². The van der Waals surface area contributed by atoms with E-state index < -0.39 is 0 Å². The van der Waals surface area contributed by atoms with E-state index in [2.05, 4.69) is 4.98 Å². The summed E-state index contributed by atoms with van der Waals surface area (Å²) >= 11 is 0. The molecule has 2 heterocycles. The molecule has 6 N–H and O–H groups in total. The Morgan fingerprint density at radius 2 is 2.25 bits per heavy atom. The van der Waals surface area contributed by atoms with Crippen molar-refractivity contribution < 1.29 is 4.79 Å². The lowest BCUT2D eigenvalue weighted by Gasteiger charge is -2.24. The molecule has 0 bridgehead atoms. The van der Waals surface area contributed by atoms with Crippen molar-refractivity contribution in [3.8, 4) is 0 Å². The van der Waals surface area contributed by atoms with Crippen LogP contribution in [0.15, 0.2) is 12.3 Å². The molecule has 1 fully saturated rings. The number of carbonyl (C=O) groups excluding carboxylic acids is 1. The molecule has 1 unspecified atom stereocenters. The van der Waals surface area contributed by atoms with E-state index in [-0.39, 0.29) is 11.9 Å². The minimum Gasteiger partial charge on any atom is -0.397 e. The molecule has 0 spiro atoms. The lowest BCUT2D eigenvalue weighted by Crippen LogP contribution is -2.41. The van der Waals surface area contributed by atoms with Gasteiger partial charge in [-0.15, -0.1) is 0 Å². The highest BCUT2D eigenvalue weighted by atomic mass is 16.1. The van der Waals surface area contributed by atoms with Gasteiger partial charge in [0.05, 0.1) is 17.6 Å². The summed E-state index contributed by atoms with van der Waals surface area (Å²) < 4.78 is 0. The first-order chi connectivity index (χ1) is 7.59. The van der Waals surface area contributed by atoms with Crippen LogP contribution in [0, 0.1) is 0 Å². The number of aromatic nitrogens is 1. The van der Waals surface area contributed by atoms with E-state index in [0.29, 0.717) is 17.2 Å². The van der Waals surface area contributed by atoms with Crippen molar-refractivity contribution in [2.75, 3.05) is 22.9 Å². The number of primary amides is 1. The Bertz CT molecular complexity index is 420. The summed E-state index contributed by atoms with van der Waals surface area (Å²) in [6.45, 7) is 0.745. The Balaban J connectivity index is 2.32. The smallest absolute Gasteiger partial charge is 0.240 e. The molecule has 6 heteroatoms. The zero-order valence-electron chi connectivity index (χ0n) is 8.89. The van der Waals surface area contributed by atoms with Gasteiger partial charge in [-0.05, 0) is 18.9 Å². The van der Waals surface area contributed by atoms with Gasteiger partial charge >= 0.3 is 0 Å². The van der Waals surface area contributed by atoms with Gasteiger partial charge in [-0.25, -0.2) is 4.98 Å². The van der Waals surface area contributed by atoms with Crippen LogP contribution in [0.25, 0.3) is 0 Å². The van der Waals surface area contributed by atoms with Crippen LogP contribution in [-0.2, 0) is 4.79 Å². The number of pyridine rings is 1. The predicted octanol–water partition coefficient (Wildman–Crippen LogP) is -0.300. The molecule has 0 saturated carbocycles. The largest absolute Gasteiger partial charge is 0.397 e. The number of hydrogen-bond acceptors (Lipinski definition) is 5. The molecule has 1 aromatic heterocycles. The molecule has 0 radical (unpaired) electrons. The molecule has 6 nitrogen and oxygen atoms in total. The van der Waals surface area contributed by atoms with Crippen LogP contribution in [0.4, 0.5) is 17.2 Å². The van der Waals surface area contributed by atoms with Gasteiger partial charge in [0.1, 0.15) is 6.04 Å². The van der Waals surface area contributed by atoms with E-state index in [9.17, 15) is 4.79 Å². The summed E-state index contributed by atoms with van der Waals surface area (Å²) in [5, 5.41) is 0. The topological polar surface area (TPSA) is 111 Å². The maximum atomic E-state index is 11.3. The number of nitrogens with two attached hydrogens (primary N) is 3. The van der Waals surface area contributed by atoms with Gasteiger partial charge in [-0.2, -0.15) is 0 Å². The van der Waals surface area contributed by atoms with Gasteiger partial charge in [-0.3, -0.25) is 4.79 Å². The number of nitrogens with zero attached hydrogens (tertiary/aromatic N) is 2. The van der Waals surface area contributed by atoms with Gasteiger partial charge in [0.2, 0.25) is 5.91 Å². The molecule has 1 amide bonds. The maximum Gasteiger partial charge on any atom is 0.240 e. The second kappa shape index (κ2) is 3.88. The van der Waals surface area contributed by atoms with Crippen LogP contribution >= 0.6 is 0 Å². The summed E-state index contributed by atoms with van der Waals surface area (Å²) in [5.41, 5.74) is 17.7. The minimum atomic E-state index is -0.337. The second-order valence-corrected chi connectivity index (χ2v) is 3.94.